The van der Waals surface area contributed by atoms with Crippen molar-refractivity contribution in [1.82, 2.24) is 0 Å². The Hall–Kier alpha value is -2.01. The van der Waals surface area contributed by atoms with Gasteiger partial charge < -0.3 is 19.7 Å². The molecule has 0 bridgehead atoms. The summed E-state index contributed by atoms with van der Waals surface area (Å²) in [5.74, 6) is 0.120. The number of benzene rings is 1. The highest BCUT2D eigenvalue weighted by molar-refractivity contribution is 5.87. The fraction of sp³-hybridized carbons (Fsp3) is 0.735. The van der Waals surface area contributed by atoms with Gasteiger partial charge in [-0.3, -0.25) is 0 Å². The highest BCUT2D eigenvalue weighted by Crippen LogP contribution is 2.26. The number of carbonyl (C=O) groups excluding carboxylic acids is 1. The number of esters is 1. The molecule has 0 radical (unpaired) electrons. The van der Waals surface area contributed by atoms with E-state index in [2.05, 4.69) is 0 Å². The number of methoxy groups -OCH3 is 1. The maximum Gasteiger partial charge on any atom is 0.330 e. The third kappa shape index (κ3) is 21.5. The molecule has 0 aliphatic carbocycles. The summed E-state index contributed by atoms with van der Waals surface area (Å²) in [4.78, 5) is 11.9. The molecule has 1 aromatic rings. The summed E-state index contributed by atoms with van der Waals surface area (Å²) in [6.07, 6.45) is 31.9. The van der Waals surface area contributed by atoms with Gasteiger partial charge in [0.25, 0.3) is 0 Å². The highest BCUT2D eigenvalue weighted by Gasteiger charge is 2.02. The third-order valence-electron chi connectivity index (χ3n) is 7.41. The van der Waals surface area contributed by atoms with Crippen molar-refractivity contribution in [1.29, 1.82) is 0 Å². The second-order valence-electron chi connectivity index (χ2n) is 10.9. The Labute approximate surface area is 239 Å². The van der Waals surface area contributed by atoms with Gasteiger partial charge in [0.05, 0.1) is 13.7 Å². The largest absolute Gasteiger partial charge is 0.504 e. The van der Waals surface area contributed by atoms with Gasteiger partial charge in [-0.25, -0.2) is 4.79 Å². The minimum Gasteiger partial charge on any atom is -0.504 e. The van der Waals surface area contributed by atoms with E-state index in [0.717, 1.165) is 24.8 Å². The summed E-state index contributed by atoms with van der Waals surface area (Å²) in [7, 11) is 1.50. The lowest BCUT2D eigenvalue weighted by Crippen LogP contribution is -2.02. The number of ether oxygens (including phenoxy) is 2. The Morgan fingerprint density at radius 3 is 1.49 bits per heavy atom. The van der Waals surface area contributed by atoms with Gasteiger partial charge >= 0.3 is 5.97 Å². The zero-order chi connectivity index (χ0) is 28.2. The third-order valence-corrected chi connectivity index (χ3v) is 7.41. The normalized spacial score (nSPS) is 11.3. The maximum atomic E-state index is 11.9. The predicted molar refractivity (Wildman–Crippen MR) is 163 cm³/mol. The molecule has 224 valence electrons. The van der Waals surface area contributed by atoms with E-state index in [1.54, 1.807) is 24.3 Å². The highest BCUT2D eigenvalue weighted by atomic mass is 16.5. The molecule has 0 fully saturated rings. The van der Waals surface area contributed by atoms with E-state index in [-0.39, 0.29) is 11.7 Å². The molecule has 0 atom stereocenters. The lowest BCUT2D eigenvalue weighted by molar-refractivity contribution is -0.137. The van der Waals surface area contributed by atoms with Crippen LogP contribution in [0.2, 0.25) is 0 Å². The molecule has 1 rings (SSSR count). The van der Waals surface area contributed by atoms with Crippen LogP contribution in [0.3, 0.4) is 0 Å². The van der Waals surface area contributed by atoms with Crippen molar-refractivity contribution in [2.24, 2.45) is 0 Å². The summed E-state index contributed by atoms with van der Waals surface area (Å²) in [6, 6.07) is 4.94. The molecule has 0 aliphatic rings. The molecule has 5 heteroatoms. The number of rotatable bonds is 27. The fourth-order valence-corrected chi connectivity index (χ4v) is 4.93. The lowest BCUT2D eigenvalue weighted by Gasteiger charge is -2.05. The molecular formula is C34H58O5. The average Bonchev–Trinajstić information content (AvgIpc) is 2.94. The van der Waals surface area contributed by atoms with E-state index in [0.29, 0.717) is 19.0 Å². The van der Waals surface area contributed by atoms with E-state index >= 15 is 0 Å². The predicted octanol–water partition coefficient (Wildman–Crippen LogP) is 9.53. The first-order valence-electron chi connectivity index (χ1n) is 16.0. The van der Waals surface area contributed by atoms with Crippen molar-refractivity contribution in [2.45, 2.75) is 141 Å². The Bertz CT molecular complexity index is 730. The first-order valence-corrected chi connectivity index (χ1v) is 16.0. The minimum atomic E-state index is -0.338. The zero-order valence-electron chi connectivity index (χ0n) is 25.0. The molecule has 0 heterocycles. The molecular weight excluding hydrogens is 488 g/mol. The molecule has 0 aliphatic heterocycles. The first-order chi connectivity index (χ1) is 19.2. The number of phenols is 1. The van der Waals surface area contributed by atoms with Crippen molar-refractivity contribution < 1.29 is 24.5 Å². The Kier molecular flexibility index (Phi) is 23.5. The molecule has 2 N–H and O–H groups in total. The molecule has 0 saturated carbocycles. The van der Waals surface area contributed by atoms with Gasteiger partial charge in [0, 0.05) is 12.7 Å². The van der Waals surface area contributed by atoms with Gasteiger partial charge in [0.2, 0.25) is 0 Å². The molecule has 0 unspecified atom stereocenters. The Morgan fingerprint density at radius 1 is 0.667 bits per heavy atom. The number of unbranched alkanes of at least 4 members (excludes halogenated alkanes) is 21. The van der Waals surface area contributed by atoms with E-state index in [1.807, 2.05) is 0 Å². The topological polar surface area (TPSA) is 76.0 Å². The summed E-state index contributed by atoms with van der Waals surface area (Å²) in [6.45, 7) is 0.821. The van der Waals surface area contributed by atoms with Crippen molar-refractivity contribution in [2.75, 3.05) is 20.3 Å². The van der Waals surface area contributed by atoms with Crippen LogP contribution < -0.4 is 4.74 Å². The molecule has 1 aromatic carbocycles. The van der Waals surface area contributed by atoms with Crippen LogP contribution in [0.15, 0.2) is 24.3 Å². The second-order valence-corrected chi connectivity index (χ2v) is 10.9. The molecule has 39 heavy (non-hydrogen) atoms. The van der Waals surface area contributed by atoms with Gasteiger partial charge in [-0.1, -0.05) is 134 Å². The molecule has 0 aromatic heterocycles. The van der Waals surface area contributed by atoms with Crippen LogP contribution in [0.5, 0.6) is 11.5 Å². The fourth-order valence-electron chi connectivity index (χ4n) is 4.93. The van der Waals surface area contributed by atoms with Crippen molar-refractivity contribution in [3.05, 3.63) is 29.8 Å². The van der Waals surface area contributed by atoms with Crippen LogP contribution in [0.4, 0.5) is 0 Å². The molecule has 5 nitrogen and oxygen atoms in total. The van der Waals surface area contributed by atoms with Gasteiger partial charge in [0.1, 0.15) is 0 Å². The van der Waals surface area contributed by atoms with Crippen LogP contribution >= 0.6 is 0 Å². The average molecular weight is 547 g/mol. The number of carbonyl (C=O) groups is 1. The number of aromatic hydroxyl groups is 1. The Balaban J connectivity index is 1.78. The molecule has 0 amide bonds. The van der Waals surface area contributed by atoms with E-state index in [4.69, 9.17) is 14.6 Å². The number of hydrogen-bond donors (Lipinski definition) is 2. The summed E-state index contributed by atoms with van der Waals surface area (Å²) in [5, 5.41) is 18.4. The van der Waals surface area contributed by atoms with Crippen molar-refractivity contribution >= 4 is 12.0 Å². The SMILES string of the molecule is COc1cc(C=CC(=O)OCCCCCCCCCCCCCCCCCCCCCCCCO)ccc1O. The van der Waals surface area contributed by atoms with E-state index in [1.165, 1.54) is 135 Å². The lowest BCUT2D eigenvalue weighted by atomic mass is 10.0. The van der Waals surface area contributed by atoms with Crippen LogP contribution in [0.1, 0.15) is 147 Å². The monoisotopic (exact) mass is 546 g/mol. The number of phenolic OH excluding ortho intramolecular Hbond substituents is 1. The van der Waals surface area contributed by atoms with Gasteiger partial charge in [-0.2, -0.15) is 0 Å². The van der Waals surface area contributed by atoms with Gasteiger partial charge in [0.15, 0.2) is 11.5 Å². The number of aliphatic hydroxyl groups is 1. The quantitative estimate of drug-likeness (QED) is 0.0653. The summed E-state index contributed by atoms with van der Waals surface area (Å²) in [5.41, 5.74) is 0.774. The molecule has 0 spiro atoms. The standard InChI is InChI=1S/C34H58O5/c1-38-33-30-31(24-26-32(33)36)25-27-34(37)39-29-23-21-19-17-15-13-11-9-7-5-3-2-4-6-8-10-12-14-16-18-20-22-28-35/h24-27,30,35-36H,2-23,28-29H2,1H3. The number of aliphatic hydroxyl groups excluding tert-OH is 1. The summed E-state index contributed by atoms with van der Waals surface area (Å²) < 4.78 is 10.3. The molecule has 0 saturated heterocycles. The maximum absolute atomic E-state index is 11.9. The first kappa shape index (κ1) is 35.0. The zero-order valence-corrected chi connectivity index (χ0v) is 25.0. The van der Waals surface area contributed by atoms with Crippen LogP contribution in [0.25, 0.3) is 6.08 Å². The smallest absolute Gasteiger partial charge is 0.330 e. The second kappa shape index (κ2) is 26.2. The van der Waals surface area contributed by atoms with Gasteiger partial charge in [-0.05, 0) is 36.6 Å². The van der Waals surface area contributed by atoms with Crippen molar-refractivity contribution in [3.8, 4) is 11.5 Å². The summed E-state index contributed by atoms with van der Waals surface area (Å²) >= 11 is 0. The minimum absolute atomic E-state index is 0.0773. The van der Waals surface area contributed by atoms with Crippen LogP contribution in [0, 0.1) is 0 Å². The van der Waals surface area contributed by atoms with E-state index in [9.17, 15) is 9.90 Å². The number of hydrogen-bond acceptors (Lipinski definition) is 5. The van der Waals surface area contributed by atoms with Gasteiger partial charge in [-0.15, -0.1) is 0 Å². The van der Waals surface area contributed by atoms with Crippen LogP contribution in [-0.4, -0.2) is 36.5 Å². The van der Waals surface area contributed by atoms with Crippen LogP contribution in [-0.2, 0) is 9.53 Å². The Morgan fingerprint density at radius 2 is 1.08 bits per heavy atom. The van der Waals surface area contributed by atoms with Crippen molar-refractivity contribution in [3.63, 3.8) is 0 Å². The van der Waals surface area contributed by atoms with E-state index < -0.39 is 0 Å².